The minimum Gasteiger partial charge on any atom is -0.481 e. The van der Waals surface area contributed by atoms with E-state index in [-0.39, 0.29) is 11.5 Å². The van der Waals surface area contributed by atoms with Gasteiger partial charge in [0.25, 0.3) is 0 Å². The number of nitrogens with one attached hydrogen (secondary N) is 2. The molecule has 0 spiro atoms. The van der Waals surface area contributed by atoms with E-state index in [2.05, 4.69) is 15.6 Å². The summed E-state index contributed by atoms with van der Waals surface area (Å²) in [6.07, 6.45) is 2.36. The second-order valence-electron chi connectivity index (χ2n) is 8.39. The first-order valence-corrected chi connectivity index (χ1v) is 11.9. The lowest BCUT2D eigenvalue weighted by Gasteiger charge is -2.24. The topological polar surface area (TPSA) is 207 Å². The molecule has 0 radical (unpaired) electrons. The number of aryl methyl sites for hydroxylation is 1. The third kappa shape index (κ3) is 9.65. The fourth-order valence-corrected chi connectivity index (χ4v) is 3.45. The van der Waals surface area contributed by atoms with E-state index in [1.165, 1.54) is 0 Å². The molecule has 1 aromatic carbocycles. The van der Waals surface area contributed by atoms with Crippen LogP contribution in [0.5, 0.6) is 0 Å². The van der Waals surface area contributed by atoms with Gasteiger partial charge in [0.1, 0.15) is 6.04 Å². The van der Waals surface area contributed by atoms with Crippen LogP contribution in [0.1, 0.15) is 44.2 Å². The van der Waals surface area contributed by atoms with Crippen molar-refractivity contribution in [3.8, 4) is 5.69 Å². The Bertz CT molecular complexity index is 1080. The molecule has 0 bridgehead atoms. The van der Waals surface area contributed by atoms with E-state index >= 15 is 0 Å². The smallest absolute Gasteiger partial charge is 0.342 e. The fourth-order valence-electron chi connectivity index (χ4n) is 3.45. The number of rotatable bonds is 17. The Morgan fingerprint density at radius 3 is 2.32 bits per heavy atom. The molecule has 38 heavy (non-hydrogen) atoms. The maximum absolute atomic E-state index is 12.3. The van der Waals surface area contributed by atoms with Gasteiger partial charge < -0.3 is 26.0 Å². The lowest BCUT2D eigenvalue weighted by Crippen LogP contribution is -2.52. The third-order valence-corrected chi connectivity index (χ3v) is 5.50. The Morgan fingerprint density at radius 1 is 1.00 bits per heavy atom. The standard InChI is InChI=1S/C23H31FN6O8/c24-12-3-4-16-14-29(28-27-16)17-8-6-15(7-9-17)25-13-2-1-5-19(22(35)36)30(38)23(37)26-18(21(33)34)10-11-20(31)32/h6-9,14,18-19,25,38H,1-5,10-13H2,(H,26,37)(H,31,32)(H,33,34)(H,35,36)/t18-,19-/m0/s1. The SMILES string of the molecule is O=C(O)CC[C@H](NC(=O)N(O)[C@@H](CCCCNc1ccc(-n2cc(CCCF)nn2)cc1)C(=O)O)C(=O)O. The highest BCUT2D eigenvalue weighted by molar-refractivity contribution is 5.85. The number of carboxylic acid groups (broad SMARTS) is 3. The van der Waals surface area contributed by atoms with Crippen LogP contribution < -0.4 is 10.6 Å². The Kier molecular flexibility index (Phi) is 11.9. The van der Waals surface area contributed by atoms with Gasteiger partial charge in [-0.15, -0.1) is 5.10 Å². The van der Waals surface area contributed by atoms with E-state index < -0.39 is 55.5 Å². The lowest BCUT2D eigenvalue weighted by molar-refractivity contribution is -0.157. The molecule has 0 fully saturated rings. The van der Waals surface area contributed by atoms with Crippen molar-refractivity contribution in [2.45, 2.75) is 57.0 Å². The van der Waals surface area contributed by atoms with E-state index in [4.69, 9.17) is 10.2 Å². The van der Waals surface area contributed by atoms with Crippen molar-refractivity contribution >= 4 is 29.6 Å². The number of hydrogen-bond donors (Lipinski definition) is 6. The number of aliphatic carboxylic acids is 3. The summed E-state index contributed by atoms with van der Waals surface area (Å²) in [5.74, 6) is -4.27. The number of carboxylic acids is 3. The number of benzene rings is 1. The number of amides is 2. The summed E-state index contributed by atoms with van der Waals surface area (Å²) in [4.78, 5) is 45.6. The van der Waals surface area contributed by atoms with Crippen LogP contribution in [0.2, 0.25) is 0 Å². The number of nitrogens with zero attached hydrogens (tertiary/aromatic N) is 4. The van der Waals surface area contributed by atoms with E-state index in [1.54, 1.807) is 10.9 Å². The molecule has 0 aliphatic heterocycles. The monoisotopic (exact) mass is 538 g/mol. The highest BCUT2D eigenvalue weighted by Crippen LogP contribution is 2.14. The van der Waals surface area contributed by atoms with Gasteiger partial charge in [0.05, 0.1) is 24.3 Å². The number of aromatic nitrogens is 3. The second-order valence-corrected chi connectivity index (χ2v) is 8.39. The Hall–Kier alpha value is -4.27. The first-order chi connectivity index (χ1) is 18.1. The molecule has 15 heteroatoms. The maximum Gasteiger partial charge on any atom is 0.342 e. The average Bonchev–Trinajstić information content (AvgIpc) is 3.35. The number of hydrogen-bond acceptors (Lipinski definition) is 8. The molecule has 0 aliphatic carbocycles. The van der Waals surface area contributed by atoms with Gasteiger partial charge >= 0.3 is 23.9 Å². The third-order valence-electron chi connectivity index (χ3n) is 5.50. The number of hydroxylamine groups is 2. The molecule has 0 aliphatic rings. The molecule has 0 saturated heterocycles. The van der Waals surface area contributed by atoms with Crippen LogP contribution in [0, 0.1) is 0 Å². The van der Waals surface area contributed by atoms with Crippen molar-refractivity contribution in [2.75, 3.05) is 18.5 Å². The van der Waals surface area contributed by atoms with Gasteiger partial charge in [0.2, 0.25) is 0 Å². The molecule has 2 atom stereocenters. The first kappa shape index (κ1) is 30.0. The van der Waals surface area contributed by atoms with E-state index in [0.29, 0.717) is 37.9 Å². The van der Waals surface area contributed by atoms with Gasteiger partial charge in [-0.25, -0.2) is 19.1 Å². The summed E-state index contributed by atoms with van der Waals surface area (Å²) in [5.41, 5.74) is 2.27. The lowest BCUT2D eigenvalue weighted by atomic mass is 10.1. The van der Waals surface area contributed by atoms with Crippen molar-refractivity contribution < 1.29 is 44.1 Å². The van der Waals surface area contributed by atoms with Crippen molar-refractivity contribution in [1.82, 2.24) is 25.4 Å². The molecule has 1 heterocycles. The predicted molar refractivity (Wildman–Crippen MR) is 130 cm³/mol. The fraction of sp³-hybridized carbons (Fsp3) is 0.478. The summed E-state index contributed by atoms with van der Waals surface area (Å²) in [7, 11) is 0. The highest BCUT2D eigenvalue weighted by Gasteiger charge is 2.31. The molecule has 14 nitrogen and oxygen atoms in total. The maximum atomic E-state index is 12.3. The summed E-state index contributed by atoms with van der Waals surface area (Å²) in [6, 6.07) is 2.70. The molecular weight excluding hydrogens is 507 g/mol. The van der Waals surface area contributed by atoms with Crippen molar-refractivity contribution in [3.63, 3.8) is 0 Å². The van der Waals surface area contributed by atoms with E-state index in [1.807, 2.05) is 29.6 Å². The van der Waals surface area contributed by atoms with E-state index in [9.17, 15) is 33.9 Å². The summed E-state index contributed by atoms with van der Waals surface area (Å²) in [5, 5.41) is 50.3. The zero-order chi connectivity index (χ0) is 28.1. The quantitative estimate of drug-likeness (QED) is 0.0974. The Balaban J connectivity index is 1.79. The van der Waals surface area contributed by atoms with Gasteiger partial charge in [-0.1, -0.05) is 5.21 Å². The van der Waals surface area contributed by atoms with Gasteiger partial charge in [-0.3, -0.25) is 14.4 Å². The molecular formula is C23H31FN6O8. The summed E-state index contributed by atoms with van der Waals surface area (Å²) in [6.45, 7) is 0.0530. The number of carbonyl (C=O) groups excluding carboxylic acids is 1. The van der Waals surface area contributed by atoms with Crippen LogP contribution in [-0.4, -0.2) is 89.8 Å². The zero-order valence-corrected chi connectivity index (χ0v) is 20.5. The van der Waals surface area contributed by atoms with Crippen molar-refractivity contribution in [2.24, 2.45) is 0 Å². The number of anilines is 1. The molecule has 2 aromatic rings. The van der Waals surface area contributed by atoms with Crippen LogP contribution >= 0.6 is 0 Å². The second kappa shape index (κ2) is 15.1. The summed E-state index contributed by atoms with van der Waals surface area (Å²) < 4.78 is 13.9. The van der Waals surface area contributed by atoms with Crippen LogP contribution in [0.15, 0.2) is 30.5 Å². The number of unbranched alkanes of at least 4 members (excludes halogenated alkanes) is 1. The number of halogens is 1. The van der Waals surface area contributed by atoms with Crippen LogP contribution in [0.4, 0.5) is 14.9 Å². The zero-order valence-electron chi connectivity index (χ0n) is 20.5. The molecule has 2 amide bonds. The van der Waals surface area contributed by atoms with Crippen molar-refractivity contribution in [1.29, 1.82) is 0 Å². The average molecular weight is 539 g/mol. The minimum atomic E-state index is -1.62. The molecule has 2 rings (SSSR count). The van der Waals surface area contributed by atoms with Gasteiger partial charge in [0.15, 0.2) is 6.04 Å². The largest absolute Gasteiger partial charge is 0.481 e. The Morgan fingerprint density at radius 2 is 1.71 bits per heavy atom. The van der Waals surface area contributed by atoms with Crippen LogP contribution in [0.3, 0.4) is 0 Å². The predicted octanol–water partition coefficient (Wildman–Crippen LogP) is 1.92. The van der Waals surface area contributed by atoms with Gasteiger partial charge in [-0.2, -0.15) is 5.06 Å². The van der Waals surface area contributed by atoms with E-state index in [0.717, 1.165) is 11.4 Å². The Labute approximate surface area is 217 Å². The molecule has 1 aromatic heterocycles. The minimum absolute atomic E-state index is 0.0850. The first-order valence-electron chi connectivity index (χ1n) is 11.9. The number of alkyl halides is 1. The van der Waals surface area contributed by atoms with Crippen molar-refractivity contribution in [3.05, 3.63) is 36.2 Å². The van der Waals surface area contributed by atoms with Crippen LogP contribution in [-0.2, 0) is 20.8 Å². The molecule has 0 unspecified atom stereocenters. The molecule has 0 saturated carbocycles. The molecule has 208 valence electrons. The highest BCUT2D eigenvalue weighted by atomic mass is 19.1. The normalized spacial score (nSPS) is 12.4. The molecule has 6 N–H and O–H groups in total. The van der Waals surface area contributed by atoms with Gasteiger partial charge in [0, 0.05) is 18.7 Å². The summed E-state index contributed by atoms with van der Waals surface area (Å²) >= 11 is 0. The number of carbonyl (C=O) groups is 4. The number of urea groups is 1. The van der Waals surface area contributed by atoms with Crippen LogP contribution in [0.25, 0.3) is 5.69 Å². The van der Waals surface area contributed by atoms with Gasteiger partial charge in [-0.05, 0) is 62.8 Å².